The largest absolute Gasteiger partial charge is 0.393 e. The molecule has 0 aromatic rings. The summed E-state index contributed by atoms with van der Waals surface area (Å²) in [5.41, 5.74) is 1.10. The Morgan fingerprint density at radius 2 is 1.55 bits per heavy atom. The number of aliphatic hydroxyl groups is 2. The number of rotatable bonds is 1. The van der Waals surface area contributed by atoms with Gasteiger partial charge in [0.05, 0.1) is 12.7 Å². The second kappa shape index (κ2) is 8.30. The maximum atomic E-state index is 10.5. The van der Waals surface area contributed by atoms with Gasteiger partial charge in [-0.05, 0) is 110 Å². The fourth-order valence-electron chi connectivity index (χ4n) is 9.79. The van der Waals surface area contributed by atoms with E-state index in [0.29, 0.717) is 16.7 Å². The standard InChI is InChI=1S/C24H40O.C3H6O/c1-15-19-11-13-24(3)20-9-7-16-5-4-6-17(16)18(20)8-10-22(24)23(19,2)14-12-21(15)25;1-2-3-4/h15-22,25H,4-14H2,1-3H3;2,4H,1,3H2. The number of hydrogen-bond acceptors (Lipinski definition) is 2. The predicted octanol–water partition coefficient (Wildman–Crippen LogP) is 6.22. The summed E-state index contributed by atoms with van der Waals surface area (Å²) >= 11 is 0. The van der Waals surface area contributed by atoms with Gasteiger partial charge in [0.2, 0.25) is 0 Å². The van der Waals surface area contributed by atoms with Crippen molar-refractivity contribution in [3.05, 3.63) is 12.7 Å². The average molecular weight is 403 g/mol. The molecular weight excluding hydrogens is 356 g/mol. The quantitative estimate of drug-likeness (QED) is 0.511. The summed E-state index contributed by atoms with van der Waals surface area (Å²) < 4.78 is 0. The predicted molar refractivity (Wildman–Crippen MR) is 120 cm³/mol. The maximum Gasteiger partial charge on any atom is 0.0609 e. The van der Waals surface area contributed by atoms with Crippen molar-refractivity contribution in [1.82, 2.24) is 0 Å². The molecule has 2 N–H and O–H groups in total. The molecule has 5 fully saturated rings. The van der Waals surface area contributed by atoms with Gasteiger partial charge in [0.15, 0.2) is 0 Å². The highest BCUT2D eigenvalue weighted by atomic mass is 16.3. The molecular formula is C27H46O2. The van der Waals surface area contributed by atoms with E-state index in [0.717, 1.165) is 41.9 Å². The van der Waals surface area contributed by atoms with Gasteiger partial charge in [-0.15, -0.1) is 6.58 Å². The molecule has 10 unspecified atom stereocenters. The van der Waals surface area contributed by atoms with Crippen molar-refractivity contribution in [2.24, 2.45) is 52.3 Å². The zero-order chi connectivity index (χ0) is 20.8. The molecule has 5 rings (SSSR count). The molecule has 5 aliphatic carbocycles. The SMILES string of the molecule is C=CCO.CC1C(O)CCC2(C)C1CCC1(C)C3CCC4CCCC4C3CCC21. The summed E-state index contributed by atoms with van der Waals surface area (Å²) in [5, 5.41) is 18.2. The van der Waals surface area contributed by atoms with Gasteiger partial charge in [0.1, 0.15) is 0 Å². The number of hydrogen-bond donors (Lipinski definition) is 2. The second-order valence-corrected chi connectivity index (χ2v) is 11.9. The smallest absolute Gasteiger partial charge is 0.0609 e. The topological polar surface area (TPSA) is 40.5 Å². The summed E-state index contributed by atoms with van der Waals surface area (Å²) in [7, 11) is 0. The molecule has 0 heterocycles. The van der Waals surface area contributed by atoms with Crippen LogP contribution in [0.1, 0.15) is 91.4 Å². The van der Waals surface area contributed by atoms with E-state index in [1.807, 2.05) is 0 Å². The lowest BCUT2D eigenvalue weighted by atomic mass is 9.38. The summed E-state index contributed by atoms with van der Waals surface area (Å²) in [6, 6.07) is 0. The lowest BCUT2D eigenvalue weighted by Gasteiger charge is -2.67. The summed E-state index contributed by atoms with van der Waals surface area (Å²) in [5.74, 6) is 6.49. The van der Waals surface area contributed by atoms with Gasteiger partial charge in [-0.1, -0.05) is 39.7 Å². The second-order valence-electron chi connectivity index (χ2n) is 11.9. The van der Waals surface area contributed by atoms with Crippen LogP contribution in [0.5, 0.6) is 0 Å². The van der Waals surface area contributed by atoms with Crippen LogP contribution in [0.15, 0.2) is 12.7 Å². The first-order valence-electron chi connectivity index (χ1n) is 12.8. The van der Waals surface area contributed by atoms with Gasteiger partial charge in [-0.3, -0.25) is 0 Å². The Balaban J connectivity index is 0.000000472. The molecule has 5 aliphatic rings. The van der Waals surface area contributed by atoms with Crippen LogP contribution >= 0.6 is 0 Å². The highest BCUT2D eigenvalue weighted by molar-refractivity contribution is 5.11. The minimum Gasteiger partial charge on any atom is -0.393 e. The lowest BCUT2D eigenvalue weighted by molar-refractivity contribution is -0.188. The molecule has 0 spiro atoms. The van der Waals surface area contributed by atoms with E-state index in [-0.39, 0.29) is 12.7 Å². The van der Waals surface area contributed by atoms with Crippen LogP contribution in [-0.2, 0) is 0 Å². The molecule has 166 valence electrons. The van der Waals surface area contributed by atoms with Gasteiger partial charge < -0.3 is 10.2 Å². The maximum absolute atomic E-state index is 10.5. The van der Waals surface area contributed by atoms with E-state index in [1.165, 1.54) is 51.0 Å². The number of aliphatic hydroxyl groups excluding tert-OH is 2. The van der Waals surface area contributed by atoms with Crippen LogP contribution in [0, 0.1) is 52.3 Å². The van der Waals surface area contributed by atoms with E-state index >= 15 is 0 Å². The molecule has 2 nitrogen and oxygen atoms in total. The zero-order valence-corrected chi connectivity index (χ0v) is 19.3. The third kappa shape index (κ3) is 3.45. The lowest BCUT2D eigenvalue weighted by Crippen LogP contribution is -2.60. The van der Waals surface area contributed by atoms with Crippen LogP contribution in [-0.4, -0.2) is 22.9 Å². The fourth-order valence-corrected chi connectivity index (χ4v) is 9.79. The molecule has 0 saturated heterocycles. The summed E-state index contributed by atoms with van der Waals surface area (Å²) in [6.07, 6.45) is 17.3. The van der Waals surface area contributed by atoms with E-state index in [4.69, 9.17) is 5.11 Å². The van der Waals surface area contributed by atoms with E-state index in [2.05, 4.69) is 27.4 Å². The van der Waals surface area contributed by atoms with Crippen molar-refractivity contribution in [2.75, 3.05) is 6.61 Å². The minimum atomic E-state index is -0.0345. The van der Waals surface area contributed by atoms with Gasteiger partial charge >= 0.3 is 0 Å². The summed E-state index contributed by atoms with van der Waals surface area (Å²) in [6.45, 7) is 11.0. The van der Waals surface area contributed by atoms with Gasteiger partial charge in [-0.25, -0.2) is 0 Å². The monoisotopic (exact) mass is 402 g/mol. The fraction of sp³-hybridized carbons (Fsp3) is 0.926. The van der Waals surface area contributed by atoms with Crippen LogP contribution in [0.25, 0.3) is 0 Å². The Kier molecular flexibility index (Phi) is 6.26. The Morgan fingerprint density at radius 3 is 2.28 bits per heavy atom. The molecule has 0 bridgehead atoms. The van der Waals surface area contributed by atoms with Crippen LogP contribution in [0.3, 0.4) is 0 Å². The zero-order valence-electron chi connectivity index (χ0n) is 19.3. The van der Waals surface area contributed by atoms with E-state index in [9.17, 15) is 5.11 Å². The van der Waals surface area contributed by atoms with Crippen LogP contribution in [0.4, 0.5) is 0 Å². The third-order valence-corrected chi connectivity index (χ3v) is 11.1. The molecule has 5 saturated carbocycles. The van der Waals surface area contributed by atoms with Crippen molar-refractivity contribution in [2.45, 2.75) is 97.5 Å². The van der Waals surface area contributed by atoms with Crippen molar-refractivity contribution in [3.63, 3.8) is 0 Å². The van der Waals surface area contributed by atoms with Gasteiger partial charge in [-0.2, -0.15) is 0 Å². The van der Waals surface area contributed by atoms with Gasteiger partial charge in [0, 0.05) is 0 Å². The van der Waals surface area contributed by atoms with Gasteiger partial charge in [0.25, 0.3) is 0 Å². The Labute approximate surface area is 179 Å². The average Bonchev–Trinajstić information content (AvgIpc) is 3.20. The normalized spacial score (nSPS) is 53.4. The molecule has 0 aromatic carbocycles. The molecule has 2 heteroatoms. The Morgan fingerprint density at radius 1 is 0.862 bits per heavy atom. The van der Waals surface area contributed by atoms with E-state index < -0.39 is 0 Å². The Hall–Kier alpha value is -0.340. The van der Waals surface area contributed by atoms with Crippen molar-refractivity contribution < 1.29 is 10.2 Å². The van der Waals surface area contributed by atoms with Crippen molar-refractivity contribution >= 4 is 0 Å². The molecule has 0 aliphatic heterocycles. The van der Waals surface area contributed by atoms with Crippen molar-refractivity contribution in [3.8, 4) is 0 Å². The van der Waals surface area contributed by atoms with Crippen LogP contribution in [0.2, 0.25) is 0 Å². The van der Waals surface area contributed by atoms with E-state index in [1.54, 1.807) is 19.3 Å². The Bertz CT molecular complexity index is 587. The molecule has 0 radical (unpaired) electrons. The first kappa shape index (κ1) is 21.9. The molecule has 10 atom stereocenters. The molecule has 29 heavy (non-hydrogen) atoms. The molecule has 0 amide bonds. The minimum absolute atomic E-state index is 0.0345. The van der Waals surface area contributed by atoms with Crippen molar-refractivity contribution in [1.29, 1.82) is 0 Å². The highest BCUT2D eigenvalue weighted by Crippen LogP contribution is 2.70. The molecule has 0 aromatic heterocycles. The third-order valence-electron chi connectivity index (χ3n) is 11.1. The highest BCUT2D eigenvalue weighted by Gasteiger charge is 2.62. The van der Waals surface area contributed by atoms with Crippen LogP contribution < -0.4 is 0 Å². The first-order chi connectivity index (χ1) is 13.9. The first-order valence-corrected chi connectivity index (χ1v) is 12.8. The summed E-state index contributed by atoms with van der Waals surface area (Å²) in [4.78, 5) is 0. The number of fused-ring (bicyclic) bond motifs is 7.